The van der Waals surface area contributed by atoms with Crippen molar-refractivity contribution >= 4 is 5.97 Å². The molecule has 3 nitrogen and oxygen atoms in total. The monoisotopic (exact) mass is 239 g/mol. The number of nitrogens with zero attached hydrogens (tertiary/aromatic N) is 1. The predicted octanol–water partition coefficient (Wildman–Crippen LogP) is 2.89. The van der Waals surface area contributed by atoms with Crippen molar-refractivity contribution in [2.45, 2.75) is 70.4 Å². The largest absolute Gasteiger partial charge is 0.480 e. The van der Waals surface area contributed by atoms with Gasteiger partial charge in [-0.25, -0.2) is 0 Å². The highest BCUT2D eigenvalue weighted by molar-refractivity contribution is 5.73. The second-order valence-corrected chi connectivity index (χ2v) is 5.61. The van der Waals surface area contributed by atoms with Crippen molar-refractivity contribution in [3.63, 3.8) is 0 Å². The zero-order valence-corrected chi connectivity index (χ0v) is 10.9. The number of hydrogen-bond acceptors (Lipinski definition) is 2. The Bertz CT molecular complexity index is 267. The highest BCUT2D eigenvalue weighted by Crippen LogP contribution is 2.35. The van der Waals surface area contributed by atoms with Gasteiger partial charge >= 0.3 is 5.97 Å². The molecule has 1 aliphatic carbocycles. The van der Waals surface area contributed by atoms with Crippen LogP contribution in [-0.4, -0.2) is 34.6 Å². The number of carboxylic acids is 1. The van der Waals surface area contributed by atoms with E-state index in [2.05, 4.69) is 11.8 Å². The first-order chi connectivity index (χ1) is 8.24. The number of likely N-dealkylation sites (tertiary alicyclic amines) is 1. The molecule has 0 aromatic carbocycles. The standard InChI is InChI=1S/C14H25NO2/c1-2-11-7-6-9-12(11)15-10-5-3-4-8-13(15)14(16)17/h11-13H,2-10H2,1H3,(H,16,17). The number of hydrogen-bond donors (Lipinski definition) is 1. The molecule has 0 aromatic rings. The lowest BCUT2D eigenvalue weighted by Crippen LogP contribution is -2.48. The molecule has 1 heterocycles. The molecule has 1 saturated carbocycles. The zero-order valence-electron chi connectivity index (χ0n) is 10.9. The van der Waals surface area contributed by atoms with Gasteiger partial charge in [0.05, 0.1) is 0 Å². The molecular weight excluding hydrogens is 214 g/mol. The maximum Gasteiger partial charge on any atom is 0.320 e. The summed E-state index contributed by atoms with van der Waals surface area (Å²) in [6.07, 6.45) is 9.30. The minimum atomic E-state index is -0.603. The Balaban J connectivity index is 2.11. The van der Waals surface area contributed by atoms with E-state index in [1.165, 1.54) is 38.5 Å². The highest BCUT2D eigenvalue weighted by Gasteiger charge is 2.37. The van der Waals surface area contributed by atoms with Crippen molar-refractivity contribution in [2.24, 2.45) is 5.92 Å². The lowest BCUT2D eigenvalue weighted by Gasteiger charge is -2.35. The van der Waals surface area contributed by atoms with Crippen LogP contribution in [0.1, 0.15) is 58.3 Å². The summed E-state index contributed by atoms with van der Waals surface area (Å²) in [5.41, 5.74) is 0. The molecule has 3 heteroatoms. The molecule has 98 valence electrons. The van der Waals surface area contributed by atoms with Crippen LogP contribution in [0.4, 0.5) is 0 Å². The Morgan fingerprint density at radius 1 is 1.18 bits per heavy atom. The molecule has 3 atom stereocenters. The molecule has 1 saturated heterocycles. The van der Waals surface area contributed by atoms with Crippen LogP contribution in [0.15, 0.2) is 0 Å². The van der Waals surface area contributed by atoms with E-state index in [9.17, 15) is 9.90 Å². The maximum atomic E-state index is 11.4. The molecule has 2 fully saturated rings. The number of rotatable bonds is 3. The first kappa shape index (κ1) is 12.9. The third-order valence-electron chi connectivity index (χ3n) is 4.65. The molecule has 2 aliphatic rings. The van der Waals surface area contributed by atoms with Crippen LogP contribution in [0, 0.1) is 5.92 Å². The molecule has 0 spiro atoms. The second kappa shape index (κ2) is 5.85. The van der Waals surface area contributed by atoms with Gasteiger partial charge in [-0.1, -0.05) is 32.6 Å². The van der Waals surface area contributed by atoms with Crippen LogP contribution >= 0.6 is 0 Å². The zero-order chi connectivity index (χ0) is 12.3. The molecule has 1 aliphatic heterocycles. The molecule has 0 radical (unpaired) electrons. The average molecular weight is 239 g/mol. The smallest absolute Gasteiger partial charge is 0.320 e. The van der Waals surface area contributed by atoms with Crippen molar-refractivity contribution in [3.05, 3.63) is 0 Å². The lowest BCUT2D eigenvalue weighted by atomic mass is 9.97. The fraction of sp³-hybridized carbons (Fsp3) is 0.929. The van der Waals surface area contributed by atoms with Gasteiger partial charge in [-0.15, -0.1) is 0 Å². The third-order valence-corrected chi connectivity index (χ3v) is 4.65. The quantitative estimate of drug-likeness (QED) is 0.823. The van der Waals surface area contributed by atoms with Crippen molar-refractivity contribution in [1.29, 1.82) is 0 Å². The minimum absolute atomic E-state index is 0.213. The number of carbonyl (C=O) groups is 1. The normalized spacial score (nSPS) is 35.7. The van der Waals surface area contributed by atoms with Gasteiger partial charge in [-0.2, -0.15) is 0 Å². The number of aliphatic carboxylic acids is 1. The van der Waals surface area contributed by atoms with Crippen molar-refractivity contribution in [3.8, 4) is 0 Å². The third kappa shape index (κ3) is 2.82. The summed E-state index contributed by atoms with van der Waals surface area (Å²) in [6.45, 7) is 3.24. The Labute approximate surface area is 104 Å². The highest BCUT2D eigenvalue weighted by atomic mass is 16.4. The Kier molecular flexibility index (Phi) is 4.43. The van der Waals surface area contributed by atoms with E-state index in [4.69, 9.17) is 0 Å². The number of carboxylic acid groups (broad SMARTS) is 1. The minimum Gasteiger partial charge on any atom is -0.480 e. The summed E-state index contributed by atoms with van der Waals surface area (Å²) in [5.74, 6) is 0.128. The van der Waals surface area contributed by atoms with E-state index in [0.717, 1.165) is 25.3 Å². The molecule has 0 amide bonds. The first-order valence-corrected chi connectivity index (χ1v) is 7.22. The van der Waals surface area contributed by atoms with Gasteiger partial charge in [0, 0.05) is 6.04 Å². The van der Waals surface area contributed by atoms with Crippen LogP contribution in [-0.2, 0) is 4.79 Å². The van der Waals surface area contributed by atoms with E-state index in [0.29, 0.717) is 6.04 Å². The van der Waals surface area contributed by atoms with E-state index < -0.39 is 5.97 Å². The molecule has 0 bridgehead atoms. The van der Waals surface area contributed by atoms with Gasteiger partial charge in [0.2, 0.25) is 0 Å². The Morgan fingerprint density at radius 3 is 2.71 bits per heavy atom. The summed E-state index contributed by atoms with van der Waals surface area (Å²) in [5, 5.41) is 9.41. The van der Waals surface area contributed by atoms with E-state index >= 15 is 0 Å². The second-order valence-electron chi connectivity index (χ2n) is 5.61. The Morgan fingerprint density at radius 2 is 2.00 bits per heavy atom. The molecule has 2 rings (SSSR count). The molecule has 1 N–H and O–H groups in total. The predicted molar refractivity (Wildman–Crippen MR) is 68.0 cm³/mol. The SMILES string of the molecule is CCC1CCCC1N1CCCCCC1C(=O)O. The molecule has 3 unspecified atom stereocenters. The summed E-state index contributed by atoms with van der Waals surface area (Å²) >= 11 is 0. The fourth-order valence-electron chi connectivity index (χ4n) is 3.72. The van der Waals surface area contributed by atoms with E-state index in [1.807, 2.05) is 0 Å². The van der Waals surface area contributed by atoms with E-state index in [-0.39, 0.29) is 6.04 Å². The van der Waals surface area contributed by atoms with Gasteiger partial charge < -0.3 is 5.11 Å². The van der Waals surface area contributed by atoms with Gasteiger partial charge in [0.15, 0.2) is 0 Å². The van der Waals surface area contributed by atoms with Gasteiger partial charge in [-0.3, -0.25) is 9.69 Å². The molecular formula is C14H25NO2. The summed E-state index contributed by atoms with van der Waals surface area (Å²) in [4.78, 5) is 13.8. The molecule has 0 aromatic heterocycles. The van der Waals surface area contributed by atoms with Crippen molar-refractivity contribution in [1.82, 2.24) is 4.90 Å². The summed E-state index contributed by atoms with van der Waals surface area (Å²) in [6, 6.07) is 0.328. The maximum absolute atomic E-state index is 11.4. The Hall–Kier alpha value is -0.570. The van der Waals surface area contributed by atoms with Crippen LogP contribution in [0.2, 0.25) is 0 Å². The van der Waals surface area contributed by atoms with Crippen LogP contribution < -0.4 is 0 Å². The average Bonchev–Trinajstić information content (AvgIpc) is 2.64. The topological polar surface area (TPSA) is 40.5 Å². The fourth-order valence-corrected chi connectivity index (χ4v) is 3.72. The van der Waals surface area contributed by atoms with E-state index in [1.54, 1.807) is 0 Å². The lowest BCUT2D eigenvalue weighted by molar-refractivity contribution is -0.144. The van der Waals surface area contributed by atoms with Crippen LogP contribution in [0.5, 0.6) is 0 Å². The van der Waals surface area contributed by atoms with Gasteiger partial charge in [0.1, 0.15) is 6.04 Å². The molecule has 17 heavy (non-hydrogen) atoms. The van der Waals surface area contributed by atoms with Crippen LogP contribution in [0.25, 0.3) is 0 Å². The van der Waals surface area contributed by atoms with Gasteiger partial charge in [-0.05, 0) is 38.1 Å². The summed E-state index contributed by atoms with van der Waals surface area (Å²) < 4.78 is 0. The summed E-state index contributed by atoms with van der Waals surface area (Å²) in [7, 11) is 0. The van der Waals surface area contributed by atoms with Crippen LogP contribution in [0.3, 0.4) is 0 Å². The van der Waals surface area contributed by atoms with Gasteiger partial charge in [0.25, 0.3) is 0 Å². The van der Waals surface area contributed by atoms with Crippen molar-refractivity contribution in [2.75, 3.05) is 6.54 Å². The van der Waals surface area contributed by atoms with Crippen molar-refractivity contribution < 1.29 is 9.90 Å². The first-order valence-electron chi connectivity index (χ1n) is 7.22.